The molecule has 0 unspecified atom stereocenters. The van der Waals surface area contributed by atoms with Crippen LogP contribution in [0.4, 0.5) is 0 Å². The maximum atomic E-state index is 9.93. The maximum absolute atomic E-state index is 9.93. The van der Waals surface area contributed by atoms with Crippen LogP contribution in [-0.2, 0) is 11.3 Å². The minimum absolute atomic E-state index is 0.0101. The highest BCUT2D eigenvalue weighted by Crippen LogP contribution is 2.17. The topological polar surface area (TPSA) is 58.5 Å². The second-order valence-corrected chi connectivity index (χ2v) is 5.10. The molecule has 1 saturated heterocycles. The van der Waals surface area contributed by atoms with E-state index in [9.17, 15) is 5.11 Å². The largest absolute Gasteiger partial charge is 0.547 e. The van der Waals surface area contributed by atoms with E-state index in [1.54, 1.807) is 12.1 Å². The van der Waals surface area contributed by atoms with Gasteiger partial charge < -0.3 is 15.6 Å². The van der Waals surface area contributed by atoms with E-state index in [1.807, 2.05) is 17.6 Å². The number of hydrogen-bond acceptors (Lipinski definition) is 2. The van der Waals surface area contributed by atoms with Crippen LogP contribution in [0.15, 0.2) is 18.2 Å². The fourth-order valence-corrected chi connectivity index (χ4v) is 2.32. The van der Waals surface area contributed by atoms with Crippen molar-refractivity contribution in [1.29, 1.82) is 0 Å². The van der Waals surface area contributed by atoms with Crippen LogP contribution >= 0.6 is 0 Å². The Labute approximate surface area is 114 Å². The van der Waals surface area contributed by atoms with Crippen molar-refractivity contribution in [3.05, 3.63) is 35.9 Å². The number of rotatable bonds is 3. The summed E-state index contributed by atoms with van der Waals surface area (Å²) < 4.78 is 7.27. The first kappa shape index (κ1) is 13.7. The van der Waals surface area contributed by atoms with Gasteiger partial charge in [-0.05, 0) is 36.6 Å². The van der Waals surface area contributed by atoms with Gasteiger partial charge in [0.1, 0.15) is 19.7 Å². The summed E-state index contributed by atoms with van der Waals surface area (Å²) in [5.74, 6) is 0.545. The van der Waals surface area contributed by atoms with E-state index in [0.717, 1.165) is 31.5 Å². The average Bonchev–Trinajstić information content (AvgIpc) is 2.46. The fraction of sp³-hybridized carbons (Fsp3) is 0.533. The molecule has 1 aromatic rings. The molecule has 0 bridgehead atoms. The Balaban J connectivity index is 1.86. The van der Waals surface area contributed by atoms with Gasteiger partial charge in [-0.3, -0.25) is 0 Å². The molecular formula is C15H21N2O2+. The number of aliphatic hydroxyl groups excluding tert-OH is 1. The summed E-state index contributed by atoms with van der Waals surface area (Å²) in [5.41, 5.74) is 6.87. The molecule has 2 rings (SSSR count). The zero-order chi connectivity index (χ0) is 13.7. The molecule has 1 aromatic carbocycles. The highest BCUT2D eigenvalue weighted by molar-refractivity contribution is 5.58. The first-order valence-electron chi connectivity index (χ1n) is 6.72. The molecule has 0 saturated carbocycles. The molecule has 1 atom stereocenters. The first-order chi connectivity index (χ1) is 9.16. The molecule has 1 aliphatic rings. The van der Waals surface area contributed by atoms with Crippen molar-refractivity contribution in [3.8, 4) is 0 Å². The molecule has 19 heavy (non-hydrogen) atoms. The van der Waals surface area contributed by atoms with E-state index in [1.165, 1.54) is 0 Å². The monoisotopic (exact) mass is 261 g/mol. The molecule has 0 amide bonds. The zero-order valence-electron chi connectivity index (χ0n) is 11.3. The molecule has 1 fully saturated rings. The molecule has 0 aromatic heterocycles. The van der Waals surface area contributed by atoms with E-state index in [2.05, 4.69) is 12.1 Å². The number of hydrogen-bond donors (Lipinski definition) is 2. The lowest BCUT2D eigenvalue weighted by molar-refractivity contribution is -0.557. The summed E-state index contributed by atoms with van der Waals surface area (Å²) >= 11 is 0. The molecule has 0 radical (unpaired) electrons. The van der Waals surface area contributed by atoms with Crippen molar-refractivity contribution in [2.75, 3.05) is 13.1 Å². The summed E-state index contributed by atoms with van der Waals surface area (Å²) in [6.45, 7) is 3.99. The molecule has 4 nitrogen and oxygen atoms in total. The number of nitrogens with two attached hydrogens (primary N) is 1. The molecule has 0 spiro atoms. The van der Waals surface area contributed by atoms with Crippen LogP contribution in [0.3, 0.4) is 0 Å². The van der Waals surface area contributed by atoms with Crippen LogP contribution < -0.4 is 5.73 Å². The van der Waals surface area contributed by atoms with Crippen molar-refractivity contribution < 1.29 is 14.4 Å². The Hall–Kier alpha value is -1.73. The van der Waals surface area contributed by atoms with Gasteiger partial charge in [-0.2, -0.15) is 4.58 Å². The van der Waals surface area contributed by atoms with E-state index < -0.39 is 0 Å². The summed E-state index contributed by atoms with van der Waals surface area (Å²) in [6, 6.07) is 11.4. The SMILES string of the molecule is C[C@H](N)C1CC[N+](=C(O)OCc2cc#ccc2)CC1. The molecule has 1 aliphatic heterocycles. The standard InChI is InChI=1S/C15H20N2O2/c1-12(16)14-7-9-17(10-8-14)15(18)19-11-13-5-3-2-4-6-13/h3,5-6,12,14H,7-11,16H2,1H3/p+1/t12-/m0/s1. The predicted molar refractivity (Wildman–Crippen MR) is 72.9 cm³/mol. The lowest BCUT2D eigenvalue weighted by Crippen LogP contribution is -2.38. The molecule has 3 N–H and O–H groups in total. The summed E-state index contributed by atoms with van der Waals surface area (Å²) in [4.78, 5) is 0. The molecule has 4 heteroatoms. The fourth-order valence-electron chi connectivity index (χ4n) is 2.32. The predicted octanol–water partition coefficient (Wildman–Crippen LogP) is 1.49. The van der Waals surface area contributed by atoms with Gasteiger partial charge in [0.05, 0.1) is 0 Å². The Morgan fingerprint density at radius 3 is 2.84 bits per heavy atom. The average molecular weight is 261 g/mol. The summed E-state index contributed by atoms with van der Waals surface area (Å²) in [5, 5.41) is 9.93. The molecule has 1 heterocycles. The quantitative estimate of drug-likeness (QED) is 0.640. The van der Waals surface area contributed by atoms with Gasteiger partial charge in [-0.1, -0.05) is 12.1 Å². The zero-order valence-corrected chi connectivity index (χ0v) is 11.3. The van der Waals surface area contributed by atoms with Crippen LogP contribution in [0.5, 0.6) is 0 Å². The third-order valence-corrected chi connectivity index (χ3v) is 3.64. The van der Waals surface area contributed by atoms with Crippen LogP contribution in [0.1, 0.15) is 25.3 Å². The highest BCUT2D eigenvalue weighted by atomic mass is 16.6. The van der Waals surface area contributed by atoms with Gasteiger partial charge in [-0.25, -0.2) is 0 Å². The van der Waals surface area contributed by atoms with Crippen molar-refractivity contribution >= 4 is 6.08 Å². The Morgan fingerprint density at radius 1 is 1.53 bits per heavy atom. The van der Waals surface area contributed by atoms with E-state index in [0.29, 0.717) is 12.5 Å². The van der Waals surface area contributed by atoms with Crippen LogP contribution in [0.25, 0.3) is 0 Å². The molecule has 0 aliphatic carbocycles. The van der Waals surface area contributed by atoms with E-state index in [-0.39, 0.29) is 12.1 Å². The summed E-state index contributed by atoms with van der Waals surface area (Å²) in [6.07, 6.45) is 2.01. The van der Waals surface area contributed by atoms with Gasteiger partial charge in [0.2, 0.25) is 0 Å². The Kier molecular flexibility index (Phi) is 4.64. The number of ether oxygens (including phenoxy) is 1. The maximum Gasteiger partial charge on any atom is 0.547 e. The van der Waals surface area contributed by atoms with Crippen molar-refractivity contribution in [2.24, 2.45) is 11.7 Å². The van der Waals surface area contributed by atoms with Gasteiger partial charge in [-0.15, -0.1) is 0 Å². The van der Waals surface area contributed by atoms with Crippen LogP contribution in [0.2, 0.25) is 0 Å². The number of nitrogens with zero attached hydrogens (tertiary/aromatic N) is 1. The van der Waals surface area contributed by atoms with Crippen LogP contribution in [0, 0.1) is 18.1 Å². The van der Waals surface area contributed by atoms with Gasteiger partial charge >= 0.3 is 6.08 Å². The van der Waals surface area contributed by atoms with Crippen molar-refractivity contribution in [2.45, 2.75) is 32.4 Å². The van der Waals surface area contributed by atoms with Crippen molar-refractivity contribution in [3.63, 3.8) is 0 Å². The normalized spacial score (nSPS) is 20.5. The minimum Gasteiger partial charge on any atom is -0.430 e. The lowest BCUT2D eigenvalue weighted by atomic mass is 9.92. The minimum atomic E-state index is 0.0101. The van der Waals surface area contributed by atoms with E-state index in [4.69, 9.17) is 10.5 Å². The Morgan fingerprint density at radius 2 is 2.26 bits per heavy atom. The number of aliphatic hydroxyl groups is 1. The van der Waals surface area contributed by atoms with Gasteiger partial charge in [0.25, 0.3) is 0 Å². The van der Waals surface area contributed by atoms with Gasteiger partial charge in [0, 0.05) is 18.9 Å². The molecular weight excluding hydrogens is 240 g/mol. The second kappa shape index (κ2) is 6.44. The smallest absolute Gasteiger partial charge is 0.430 e. The third-order valence-electron chi connectivity index (χ3n) is 3.64. The van der Waals surface area contributed by atoms with Crippen molar-refractivity contribution in [1.82, 2.24) is 0 Å². The number of piperidine rings is 1. The second-order valence-electron chi connectivity index (χ2n) is 5.10. The summed E-state index contributed by atoms with van der Waals surface area (Å²) in [7, 11) is 0. The van der Waals surface area contributed by atoms with Crippen LogP contribution in [-0.4, -0.2) is 34.9 Å². The molecule has 102 valence electrons. The third kappa shape index (κ3) is 3.87. The van der Waals surface area contributed by atoms with Gasteiger partial charge in [0.15, 0.2) is 0 Å². The highest BCUT2D eigenvalue weighted by Gasteiger charge is 2.27. The van der Waals surface area contributed by atoms with E-state index >= 15 is 0 Å². The Bertz CT molecular complexity index is 419. The first-order valence-corrected chi connectivity index (χ1v) is 6.72. The lowest BCUT2D eigenvalue weighted by Gasteiger charge is -2.23.